The van der Waals surface area contributed by atoms with Crippen LogP contribution < -0.4 is 4.72 Å². The molecule has 0 aromatic heterocycles. The van der Waals surface area contributed by atoms with E-state index >= 15 is 0 Å². The summed E-state index contributed by atoms with van der Waals surface area (Å²) in [7, 11) is -2.88. The molecule has 2 N–H and O–H groups in total. The van der Waals surface area contributed by atoms with Gasteiger partial charge in [-0.25, -0.2) is 17.9 Å². The Morgan fingerprint density at radius 2 is 1.86 bits per heavy atom. The average Bonchev–Trinajstić information content (AvgIpc) is 2.44. The number of sulfonamides is 1. The fourth-order valence-electron chi connectivity index (χ4n) is 1.41. The second-order valence-corrected chi connectivity index (χ2v) is 6.74. The molecule has 116 valence electrons. The van der Waals surface area contributed by atoms with Crippen molar-refractivity contribution in [1.29, 1.82) is 0 Å². The maximum atomic E-state index is 12.2. The molecule has 8 heteroatoms. The van der Waals surface area contributed by atoms with Gasteiger partial charge in [-0.05, 0) is 26.0 Å². The Bertz CT molecular complexity index is 650. The van der Waals surface area contributed by atoms with Gasteiger partial charge in [0.2, 0.25) is 10.0 Å². The third-order valence-electron chi connectivity index (χ3n) is 2.86. The van der Waals surface area contributed by atoms with E-state index in [-0.39, 0.29) is 17.0 Å². The summed E-state index contributed by atoms with van der Waals surface area (Å²) in [5.41, 5.74) is -1.38. The number of ether oxygens (including phenoxy) is 1. The van der Waals surface area contributed by atoms with Crippen LogP contribution in [0.1, 0.15) is 24.2 Å². The molecule has 0 aliphatic carbocycles. The molecule has 0 unspecified atom stereocenters. The molecule has 0 atom stereocenters. The van der Waals surface area contributed by atoms with Gasteiger partial charge in [-0.2, -0.15) is 0 Å². The summed E-state index contributed by atoms with van der Waals surface area (Å²) < 4.78 is 31.2. The van der Waals surface area contributed by atoms with Gasteiger partial charge in [0, 0.05) is 6.54 Å². The molecule has 1 aromatic carbocycles. The number of hydrogen-bond donors (Lipinski definition) is 2. The van der Waals surface area contributed by atoms with Crippen molar-refractivity contribution in [1.82, 2.24) is 4.72 Å². The first kappa shape index (κ1) is 17.1. The molecule has 21 heavy (non-hydrogen) atoms. The van der Waals surface area contributed by atoms with Crippen molar-refractivity contribution < 1.29 is 27.9 Å². The molecule has 0 saturated carbocycles. The lowest BCUT2D eigenvalue weighted by Gasteiger charge is -2.20. The van der Waals surface area contributed by atoms with Crippen LogP contribution in [0.25, 0.3) is 0 Å². The monoisotopic (exact) mass is 315 g/mol. The van der Waals surface area contributed by atoms with Crippen molar-refractivity contribution in [2.75, 3.05) is 13.7 Å². The molecule has 0 aliphatic rings. The third-order valence-corrected chi connectivity index (χ3v) is 4.32. The first-order valence-electron chi connectivity index (χ1n) is 6.02. The minimum absolute atomic E-state index is 0.111. The van der Waals surface area contributed by atoms with Crippen molar-refractivity contribution in [3.05, 3.63) is 29.8 Å². The van der Waals surface area contributed by atoms with E-state index in [1.807, 2.05) is 0 Å². The van der Waals surface area contributed by atoms with E-state index in [1.165, 1.54) is 38.1 Å². The molecule has 7 nitrogen and oxygen atoms in total. The molecule has 0 radical (unpaired) electrons. The van der Waals surface area contributed by atoms with E-state index in [0.717, 1.165) is 7.11 Å². The molecule has 1 rings (SSSR count). The van der Waals surface area contributed by atoms with Crippen molar-refractivity contribution in [3.63, 3.8) is 0 Å². The van der Waals surface area contributed by atoms with Crippen molar-refractivity contribution >= 4 is 22.0 Å². The van der Waals surface area contributed by atoms with Gasteiger partial charge >= 0.3 is 11.9 Å². The molecule has 0 aliphatic heterocycles. The number of carbonyl (C=O) groups is 2. The Labute approximate surface area is 123 Å². The van der Waals surface area contributed by atoms with Gasteiger partial charge in [-0.1, -0.05) is 12.1 Å². The van der Waals surface area contributed by atoms with Crippen LogP contribution in [0.15, 0.2) is 29.2 Å². The quantitative estimate of drug-likeness (QED) is 0.754. The van der Waals surface area contributed by atoms with Crippen molar-refractivity contribution in [2.45, 2.75) is 18.7 Å². The van der Waals surface area contributed by atoms with Crippen LogP contribution in [0.4, 0.5) is 0 Å². The zero-order valence-corrected chi connectivity index (χ0v) is 12.7. The van der Waals surface area contributed by atoms with Crippen LogP contribution in [0.3, 0.4) is 0 Å². The van der Waals surface area contributed by atoms with Gasteiger partial charge < -0.3 is 9.84 Å². The smallest absolute Gasteiger partial charge is 0.339 e. The summed E-state index contributed by atoms with van der Waals surface area (Å²) in [5.74, 6) is -1.92. The molecular formula is C13H17NO6S. The van der Waals surface area contributed by atoms with Gasteiger partial charge in [0.1, 0.15) is 0 Å². The molecule has 0 amide bonds. The van der Waals surface area contributed by atoms with E-state index < -0.39 is 27.4 Å². The van der Waals surface area contributed by atoms with E-state index in [9.17, 15) is 18.0 Å². The first-order chi connectivity index (χ1) is 9.62. The SMILES string of the molecule is COC(=O)c1ccccc1S(=O)(=O)NCC(C)(C)C(=O)O. The highest BCUT2D eigenvalue weighted by Gasteiger charge is 2.30. The number of rotatable bonds is 6. The maximum Gasteiger partial charge on any atom is 0.339 e. The number of carbonyl (C=O) groups excluding carboxylic acids is 1. The highest BCUT2D eigenvalue weighted by atomic mass is 32.2. The van der Waals surface area contributed by atoms with Crippen LogP contribution in [0.2, 0.25) is 0 Å². The summed E-state index contributed by atoms with van der Waals surface area (Å²) in [4.78, 5) is 22.3. The van der Waals surface area contributed by atoms with E-state index in [4.69, 9.17) is 5.11 Å². The largest absolute Gasteiger partial charge is 0.481 e. The first-order valence-corrected chi connectivity index (χ1v) is 7.50. The summed E-state index contributed by atoms with van der Waals surface area (Å²) in [5, 5.41) is 8.98. The standard InChI is InChI=1S/C13H17NO6S/c1-13(2,12(16)17)8-14-21(18,19)10-7-5-4-6-9(10)11(15)20-3/h4-7,14H,8H2,1-3H3,(H,16,17). The summed E-state index contributed by atoms with van der Waals surface area (Å²) in [6.07, 6.45) is 0. The lowest BCUT2D eigenvalue weighted by atomic mass is 9.95. The van der Waals surface area contributed by atoms with E-state index in [0.29, 0.717) is 0 Å². The van der Waals surface area contributed by atoms with Gasteiger partial charge in [0.25, 0.3) is 0 Å². The van der Waals surface area contributed by atoms with Crippen molar-refractivity contribution in [3.8, 4) is 0 Å². The van der Waals surface area contributed by atoms with Gasteiger partial charge in [-0.3, -0.25) is 4.79 Å². The number of benzene rings is 1. The second-order valence-electron chi connectivity index (χ2n) is 5.00. The van der Waals surface area contributed by atoms with Crippen LogP contribution in [0.5, 0.6) is 0 Å². The number of carboxylic acids is 1. The lowest BCUT2D eigenvalue weighted by molar-refractivity contribution is -0.146. The Morgan fingerprint density at radius 1 is 1.29 bits per heavy atom. The van der Waals surface area contributed by atoms with Crippen LogP contribution in [-0.2, 0) is 19.6 Å². The topological polar surface area (TPSA) is 110 Å². The Morgan fingerprint density at radius 3 is 2.38 bits per heavy atom. The van der Waals surface area contributed by atoms with E-state index in [1.54, 1.807) is 0 Å². The fraction of sp³-hybridized carbons (Fsp3) is 0.385. The number of carboxylic acid groups (broad SMARTS) is 1. The number of nitrogens with one attached hydrogen (secondary N) is 1. The average molecular weight is 315 g/mol. The summed E-state index contributed by atoms with van der Waals surface area (Å²) in [6.45, 7) is 2.48. The van der Waals surface area contributed by atoms with Crippen molar-refractivity contribution in [2.24, 2.45) is 5.41 Å². The Balaban J connectivity index is 3.10. The molecule has 0 heterocycles. The molecule has 1 aromatic rings. The van der Waals surface area contributed by atoms with E-state index in [2.05, 4.69) is 9.46 Å². The van der Waals surface area contributed by atoms with Gasteiger partial charge in [-0.15, -0.1) is 0 Å². The zero-order valence-electron chi connectivity index (χ0n) is 11.9. The lowest BCUT2D eigenvalue weighted by Crippen LogP contribution is -2.39. The number of methoxy groups -OCH3 is 1. The molecule has 0 fully saturated rings. The molecule has 0 saturated heterocycles. The van der Waals surface area contributed by atoms with Crippen LogP contribution in [0, 0.1) is 5.41 Å². The Hall–Kier alpha value is -1.93. The normalized spacial score (nSPS) is 12.0. The molecule has 0 bridgehead atoms. The predicted octanol–water partition coefficient (Wildman–Crippen LogP) is 0.862. The number of hydrogen-bond acceptors (Lipinski definition) is 5. The summed E-state index contributed by atoms with van der Waals surface area (Å²) >= 11 is 0. The fourth-order valence-corrected chi connectivity index (χ4v) is 2.81. The minimum atomic E-state index is -4.03. The number of esters is 1. The highest BCUT2D eigenvalue weighted by Crippen LogP contribution is 2.19. The minimum Gasteiger partial charge on any atom is -0.481 e. The van der Waals surface area contributed by atoms with Crippen LogP contribution in [-0.4, -0.2) is 39.1 Å². The maximum absolute atomic E-state index is 12.2. The third kappa shape index (κ3) is 4.02. The zero-order chi connectivity index (χ0) is 16.3. The predicted molar refractivity (Wildman–Crippen MR) is 74.4 cm³/mol. The van der Waals surface area contributed by atoms with Gasteiger partial charge in [0.05, 0.1) is 23.0 Å². The Kier molecular flexibility index (Phi) is 5.08. The van der Waals surface area contributed by atoms with Gasteiger partial charge in [0.15, 0.2) is 0 Å². The second kappa shape index (κ2) is 6.23. The molecule has 0 spiro atoms. The van der Waals surface area contributed by atoms with Crippen LogP contribution >= 0.6 is 0 Å². The summed E-state index contributed by atoms with van der Waals surface area (Å²) in [6, 6.07) is 5.54. The molecular weight excluding hydrogens is 298 g/mol. The highest BCUT2D eigenvalue weighted by molar-refractivity contribution is 7.89. The number of aliphatic carboxylic acids is 1.